The van der Waals surface area contributed by atoms with Gasteiger partial charge >= 0.3 is 0 Å². The summed E-state index contributed by atoms with van der Waals surface area (Å²) < 4.78 is 2.17. The van der Waals surface area contributed by atoms with E-state index in [0.717, 1.165) is 0 Å². The van der Waals surface area contributed by atoms with Gasteiger partial charge in [0.2, 0.25) is 0 Å². The summed E-state index contributed by atoms with van der Waals surface area (Å²) in [6.45, 7) is 7.20. The van der Waals surface area contributed by atoms with Crippen LogP contribution in [0.2, 0.25) is 0 Å². The zero-order chi connectivity index (χ0) is 11.1. The van der Waals surface area contributed by atoms with E-state index >= 15 is 0 Å². The highest BCUT2D eigenvalue weighted by Gasteiger charge is 2.29. The highest BCUT2D eigenvalue weighted by atomic mass is 15.3. The minimum Gasteiger partial charge on any atom is -0.326 e. The molecule has 0 saturated heterocycles. The third kappa shape index (κ3) is 1.81. The molecule has 1 saturated carbocycles. The number of hydrogen-bond acceptors (Lipinski definition) is 2. The van der Waals surface area contributed by atoms with Crippen LogP contribution in [0.4, 0.5) is 0 Å². The Morgan fingerprint density at radius 2 is 2.13 bits per heavy atom. The first-order valence-corrected chi connectivity index (χ1v) is 5.81. The Bertz CT molecular complexity index is 342. The van der Waals surface area contributed by atoms with Crippen LogP contribution in [0.5, 0.6) is 0 Å². The van der Waals surface area contributed by atoms with Crippen LogP contribution in [0.1, 0.15) is 57.2 Å². The second-order valence-corrected chi connectivity index (χ2v) is 5.47. The Hall–Kier alpha value is -0.830. The maximum Gasteiger partial charge on any atom is 0.0546 e. The molecule has 0 atom stereocenters. The van der Waals surface area contributed by atoms with Gasteiger partial charge in [-0.25, -0.2) is 0 Å². The molecule has 1 fully saturated rings. The monoisotopic (exact) mass is 207 g/mol. The molecule has 3 heteroatoms. The number of nitrogens with two attached hydrogens (primary N) is 1. The summed E-state index contributed by atoms with van der Waals surface area (Å²) >= 11 is 0. The minimum absolute atomic E-state index is 0.0678. The Labute approximate surface area is 91.7 Å². The first kappa shape index (κ1) is 10.7. The molecule has 2 N–H and O–H groups in total. The van der Waals surface area contributed by atoms with Crippen LogP contribution in [0.15, 0.2) is 6.20 Å². The van der Waals surface area contributed by atoms with E-state index in [2.05, 4.69) is 30.6 Å². The second-order valence-electron chi connectivity index (χ2n) is 5.47. The van der Waals surface area contributed by atoms with Crippen molar-refractivity contribution >= 4 is 0 Å². The average molecular weight is 207 g/mol. The Balaban J connectivity index is 2.41. The quantitative estimate of drug-likeness (QED) is 0.809. The van der Waals surface area contributed by atoms with Crippen LogP contribution >= 0.6 is 0 Å². The number of rotatable bonds is 2. The average Bonchev–Trinajstić information content (AvgIpc) is 2.44. The van der Waals surface area contributed by atoms with Crippen molar-refractivity contribution in [3.05, 3.63) is 17.5 Å². The van der Waals surface area contributed by atoms with Gasteiger partial charge < -0.3 is 5.73 Å². The maximum atomic E-state index is 5.77. The fraction of sp³-hybridized carbons (Fsp3) is 0.750. The molecule has 15 heavy (non-hydrogen) atoms. The van der Waals surface area contributed by atoms with Crippen LogP contribution < -0.4 is 5.73 Å². The third-order valence-corrected chi connectivity index (χ3v) is 3.23. The van der Waals surface area contributed by atoms with Gasteiger partial charge in [-0.05, 0) is 33.6 Å². The van der Waals surface area contributed by atoms with Crippen molar-refractivity contribution in [1.82, 2.24) is 9.78 Å². The molecular weight excluding hydrogens is 186 g/mol. The van der Waals surface area contributed by atoms with Gasteiger partial charge in [0, 0.05) is 23.7 Å². The van der Waals surface area contributed by atoms with E-state index in [4.69, 9.17) is 5.73 Å². The number of nitrogens with zero attached hydrogens (tertiary/aromatic N) is 2. The molecule has 3 nitrogen and oxygen atoms in total. The van der Waals surface area contributed by atoms with Gasteiger partial charge in [-0.1, -0.05) is 6.42 Å². The zero-order valence-corrected chi connectivity index (χ0v) is 9.95. The van der Waals surface area contributed by atoms with Crippen LogP contribution in [0.25, 0.3) is 0 Å². The van der Waals surface area contributed by atoms with Crippen molar-refractivity contribution < 1.29 is 0 Å². The summed E-state index contributed by atoms with van der Waals surface area (Å²) in [7, 11) is 0. The third-order valence-electron chi connectivity index (χ3n) is 3.23. The fourth-order valence-electron chi connectivity index (χ4n) is 2.20. The summed E-state index contributed by atoms with van der Waals surface area (Å²) in [5.74, 6) is 0.699. The van der Waals surface area contributed by atoms with E-state index < -0.39 is 0 Å². The van der Waals surface area contributed by atoms with E-state index in [1.807, 2.05) is 6.20 Å². The van der Waals surface area contributed by atoms with E-state index in [9.17, 15) is 0 Å². The molecule has 0 radical (unpaired) electrons. The summed E-state index contributed by atoms with van der Waals surface area (Å²) in [6, 6.07) is 0. The van der Waals surface area contributed by atoms with Crippen molar-refractivity contribution in [2.24, 2.45) is 5.73 Å². The summed E-state index contributed by atoms with van der Waals surface area (Å²) in [4.78, 5) is 0. The van der Waals surface area contributed by atoms with E-state index in [-0.39, 0.29) is 5.54 Å². The van der Waals surface area contributed by atoms with E-state index in [1.54, 1.807) is 0 Å². The standard InChI is InChI=1S/C12H21N3/c1-12(2,3)15-11(9-5-4-6-9)10(7-13)8-14-15/h8-9H,4-7,13H2,1-3H3. The van der Waals surface area contributed by atoms with Gasteiger partial charge in [0.15, 0.2) is 0 Å². The highest BCUT2D eigenvalue weighted by Crippen LogP contribution is 2.39. The Kier molecular flexibility index (Phi) is 2.59. The van der Waals surface area contributed by atoms with Gasteiger partial charge in [-0.2, -0.15) is 5.10 Å². The molecule has 0 unspecified atom stereocenters. The molecule has 0 bridgehead atoms. The molecule has 1 aliphatic rings. The normalized spacial score (nSPS) is 17.9. The molecule has 0 aliphatic heterocycles. The lowest BCUT2D eigenvalue weighted by Crippen LogP contribution is -2.28. The predicted octanol–water partition coefficient (Wildman–Crippen LogP) is 2.36. The van der Waals surface area contributed by atoms with Gasteiger partial charge in [-0.15, -0.1) is 0 Å². The van der Waals surface area contributed by atoms with Crippen LogP contribution in [0, 0.1) is 0 Å². The van der Waals surface area contributed by atoms with Crippen molar-refractivity contribution in [1.29, 1.82) is 0 Å². The molecule has 1 aromatic rings. The maximum absolute atomic E-state index is 5.77. The topological polar surface area (TPSA) is 43.8 Å². The van der Waals surface area contributed by atoms with Crippen molar-refractivity contribution in [2.45, 2.75) is 58.0 Å². The van der Waals surface area contributed by atoms with E-state index in [0.29, 0.717) is 12.5 Å². The van der Waals surface area contributed by atoms with Crippen LogP contribution in [0.3, 0.4) is 0 Å². The molecule has 84 valence electrons. The van der Waals surface area contributed by atoms with Gasteiger partial charge in [0.1, 0.15) is 0 Å². The number of aromatic nitrogens is 2. The first-order valence-electron chi connectivity index (χ1n) is 5.81. The molecule has 0 spiro atoms. The minimum atomic E-state index is 0.0678. The fourth-order valence-corrected chi connectivity index (χ4v) is 2.20. The predicted molar refractivity (Wildman–Crippen MR) is 61.7 cm³/mol. The molecule has 2 rings (SSSR count). The van der Waals surface area contributed by atoms with Gasteiger partial charge in [0.05, 0.1) is 11.7 Å². The lowest BCUT2D eigenvalue weighted by molar-refractivity contribution is 0.306. The van der Waals surface area contributed by atoms with Crippen molar-refractivity contribution in [3.8, 4) is 0 Å². The first-order chi connectivity index (χ1) is 7.04. The zero-order valence-electron chi connectivity index (χ0n) is 9.95. The largest absolute Gasteiger partial charge is 0.326 e. The molecule has 0 amide bonds. The number of hydrogen-bond donors (Lipinski definition) is 1. The van der Waals surface area contributed by atoms with Crippen molar-refractivity contribution in [2.75, 3.05) is 0 Å². The SMILES string of the molecule is CC(C)(C)n1ncc(CN)c1C1CCC1. The van der Waals surface area contributed by atoms with Crippen molar-refractivity contribution in [3.63, 3.8) is 0 Å². The summed E-state index contributed by atoms with van der Waals surface area (Å²) in [5.41, 5.74) is 8.45. The van der Waals surface area contributed by atoms with Crippen LogP contribution in [-0.2, 0) is 12.1 Å². The molecule has 0 aromatic carbocycles. The lowest BCUT2D eigenvalue weighted by Gasteiger charge is -2.31. The van der Waals surface area contributed by atoms with E-state index in [1.165, 1.54) is 30.5 Å². The second kappa shape index (κ2) is 3.63. The molecular formula is C12H21N3. The Morgan fingerprint density at radius 3 is 2.53 bits per heavy atom. The smallest absolute Gasteiger partial charge is 0.0546 e. The summed E-state index contributed by atoms with van der Waals surface area (Å²) in [5, 5.41) is 4.50. The molecule has 1 heterocycles. The molecule has 1 aliphatic carbocycles. The Morgan fingerprint density at radius 1 is 1.47 bits per heavy atom. The van der Waals surface area contributed by atoms with Gasteiger partial charge in [-0.3, -0.25) is 4.68 Å². The van der Waals surface area contributed by atoms with Gasteiger partial charge in [0.25, 0.3) is 0 Å². The summed E-state index contributed by atoms with van der Waals surface area (Å²) in [6.07, 6.45) is 5.90. The van der Waals surface area contributed by atoms with Crippen LogP contribution in [-0.4, -0.2) is 9.78 Å². The molecule has 1 aromatic heterocycles. The highest BCUT2D eigenvalue weighted by molar-refractivity contribution is 5.24. The lowest BCUT2D eigenvalue weighted by atomic mass is 9.81.